The molecule has 4 radical (unpaired) electrons. The molecule has 6 atom stereocenters. The Bertz CT molecular complexity index is 300. The van der Waals surface area contributed by atoms with Gasteiger partial charge in [0.15, 0.2) is 0 Å². The van der Waals surface area contributed by atoms with Crippen LogP contribution in [0.1, 0.15) is 25.7 Å². The van der Waals surface area contributed by atoms with E-state index in [-0.39, 0.29) is 24.2 Å². The van der Waals surface area contributed by atoms with Crippen LogP contribution in [-0.2, 0) is 14.2 Å². The van der Waals surface area contributed by atoms with Crippen molar-refractivity contribution in [2.75, 3.05) is 13.7 Å². The molecule has 2 aliphatic rings. The summed E-state index contributed by atoms with van der Waals surface area (Å²) >= 11 is 0. The fraction of sp³-hybridized carbons (Fsp3) is 0.857. The first-order chi connectivity index (χ1) is 9.13. The Morgan fingerprint density at radius 2 is 1.84 bits per heavy atom. The van der Waals surface area contributed by atoms with Gasteiger partial charge >= 0.3 is 0 Å². The van der Waals surface area contributed by atoms with E-state index in [0.717, 1.165) is 25.7 Å². The van der Waals surface area contributed by atoms with Crippen molar-refractivity contribution in [3.8, 4) is 0 Å². The van der Waals surface area contributed by atoms with Crippen molar-refractivity contribution in [2.45, 2.75) is 49.9 Å². The van der Waals surface area contributed by atoms with Crippen molar-refractivity contribution in [2.24, 2.45) is 11.8 Å². The molecular weight excluding hydrogens is 238 g/mol. The summed E-state index contributed by atoms with van der Waals surface area (Å²) in [6.45, 7) is 4.47. The van der Waals surface area contributed by atoms with Crippen LogP contribution in [0.5, 0.6) is 0 Å². The SMILES string of the molecule is [B]C1CC(C=C)C(CCC2CC([B])OC2COC)O1. The first kappa shape index (κ1) is 15.1. The predicted octanol–water partition coefficient (Wildman–Crippen LogP) is 1.40. The molecule has 2 rings (SSSR count). The Labute approximate surface area is 118 Å². The zero-order valence-corrected chi connectivity index (χ0v) is 11.7. The Balaban J connectivity index is 1.82. The van der Waals surface area contributed by atoms with Crippen molar-refractivity contribution in [1.29, 1.82) is 0 Å². The van der Waals surface area contributed by atoms with E-state index in [2.05, 4.69) is 6.58 Å². The van der Waals surface area contributed by atoms with E-state index in [9.17, 15) is 0 Å². The number of hydrogen-bond donors (Lipinski definition) is 0. The fourth-order valence-electron chi connectivity index (χ4n) is 3.19. The second kappa shape index (κ2) is 6.96. The molecule has 0 aliphatic carbocycles. The van der Waals surface area contributed by atoms with Gasteiger partial charge in [-0.05, 0) is 31.6 Å². The van der Waals surface area contributed by atoms with Crippen LogP contribution >= 0.6 is 0 Å². The van der Waals surface area contributed by atoms with Gasteiger partial charge < -0.3 is 14.2 Å². The van der Waals surface area contributed by atoms with Gasteiger partial charge in [0.05, 0.1) is 18.8 Å². The fourth-order valence-corrected chi connectivity index (χ4v) is 3.19. The van der Waals surface area contributed by atoms with Gasteiger partial charge in [-0.2, -0.15) is 0 Å². The maximum absolute atomic E-state index is 5.86. The van der Waals surface area contributed by atoms with Gasteiger partial charge in [0.1, 0.15) is 15.7 Å². The predicted molar refractivity (Wildman–Crippen MR) is 76.4 cm³/mol. The van der Waals surface area contributed by atoms with Crippen LogP contribution in [0.15, 0.2) is 12.7 Å². The Kier molecular flexibility index (Phi) is 5.55. The standard InChI is InChI=1S/C14H22B2O3/c1-3-9-6-13(15)18-11(9)5-4-10-7-14(16)19-12(10)8-17-2/h3,9-14H,1,4-8H2,2H3. The monoisotopic (exact) mass is 260 g/mol. The minimum atomic E-state index is -0.160. The summed E-state index contributed by atoms with van der Waals surface area (Å²) in [5.41, 5.74) is 0. The van der Waals surface area contributed by atoms with E-state index in [1.807, 2.05) is 6.08 Å². The van der Waals surface area contributed by atoms with Crippen LogP contribution in [0.3, 0.4) is 0 Å². The molecule has 2 heterocycles. The summed E-state index contributed by atoms with van der Waals surface area (Å²) in [7, 11) is 13.4. The molecule has 19 heavy (non-hydrogen) atoms. The molecule has 0 saturated carbocycles. The maximum atomic E-state index is 5.86. The summed E-state index contributed by atoms with van der Waals surface area (Å²) in [5.74, 6) is 0.813. The Morgan fingerprint density at radius 1 is 1.16 bits per heavy atom. The van der Waals surface area contributed by atoms with Gasteiger partial charge in [-0.3, -0.25) is 0 Å². The molecule has 0 N–H and O–H groups in total. The van der Waals surface area contributed by atoms with Crippen molar-refractivity contribution >= 4 is 15.7 Å². The summed E-state index contributed by atoms with van der Waals surface area (Å²) in [4.78, 5) is 0. The van der Waals surface area contributed by atoms with E-state index >= 15 is 0 Å². The maximum Gasteiger partial charge on any atom is 0.109 e. The number of ether oxygens (including phenoxy) is 3. The topological polar surface area (TPSA) is 27.7 Å². The summed E-state index contributed by atoms with van der Waals surface area (Å²) < 4.78 is 16.6. The Morgan fingerprint density at radius 3 is 2.53 bits per heavy atom. The molecule has 5 heteroatoms. The van der Waals surface area contributed by atoms with E-state index in [1.54, 1.807) is 7.11 Å². The van der Waals surface area contributed by atoms with Crippen molar-refractivity contribution in [1.82, 2.24) is 0 Å². The van der Waals surface area contributed by atoms with Crippen molar-refractivity contribution in [3.63, 3.8) is 0 Å². The van der Waals surface area contributed by atoms with E-state index in [0.29, 0.717) is 18.4 Å². The lowest BCUT2D eigenvalue weighted by atomic mass is 9.85. The highest BCUT2D eigenvalue weighted by molar-refractivity contribution is 6.11. The van der Waals surface area contributed by atoms with Gasteiger partial charge in [-0.25, -0.2) is 0 Å². The quantitative estimate of drug-likeness (QED) is 0.533. The molecule has 0 aromatic carbocycles. The lowest BCUT2D eigenvalue weighted by Crippen LogP contribution is -2.24. The van der Waals surface area contributed by atoms with Crippen molar-refractivity contribution < 1.29 is 14.2 Å². The minimum absolute atomic E-state index is 0.109. The van der Waals surface area contributed by atoms with Gasteiger partial charge in [0.25, 0.3) is 0 Å². The molecule has 2 fully saturated rings. The van der Waals surface area contributed by atoms with Crippen LogP contribution in [0, 0.1) is 11.8 Å². The lowest BCUT2D eigenvalue weighted by molar-refractivity contribution is 0.00392. The zero-order chi connectivity index (χ0) is 13.8. The molecule has 2 aliphatic heterocycles. The lowest BCUT2D eigenvalue weighted by Gasteiger charge is -2.21. The second-order valence-corrected chi connectivity index (χ2v) is 5.59. The summed E-state index contributed by atoms with van der Waals surface area (Å²) in [5, 5.41) is 0. The molecule has 2 saturated heterocycles. The van der Waals surface area contributed by atoms with Crippen LogP contribution < -0.4 is 0 Å². The molecule has 0 amide bonds. The second-order valence-electron chi connectivity index (χ2n) is 5.59. The van der Waals surface area contributed by atoms with Crippen LogP contribution in [-0.4, -0.2) is 53.6 Å². The third-order valence-corrected chi connectivity index (χ3v) is 4.20. The first-order valence-electron chi connectivity index (χ1n) is 7.07. The third-order valence-electron chi connectivity index (χ3n) is 4.20. The number of rotatable bonds is 6. The van der Waals surface area contributed by atoms with Gasteiger partial charge in [-0.1, -0.05) is 6.08 Å². The highest BCUT2D eigenvalue weighted by Crippen LogP contribution is 2.34. The molecular formula is C14H22B2O3. The largest absolute Gasteiger partial charge is 0.384 e. The number of methoxy groups -OCH3 is 1. The number of hydrogen-bond acceptors (Lipinski definition) is 3. The highest BCUT2D eigenvalue weighted by Gasteiger charge is 2.35. The smallest absolute Gasteiger partial charge is 0.109 e. The average Bonchev–Trinajstić information content (AvgIpc) is 2.90. The normalized spacial score (nSPS) is 42.6. The van der Waals surface area contributed by atoms with Gasteiger partial charge in [0, 0.05) is 25.0 Å². The average molecular weight is 260 g/mol. The molecule has 0 bridgehead atoms. The van der Waals surface area contributed by atoms with Crippen LogP contribution in [0.25, 0.3) is 0 Å². The van der Waals surface area contributed by atoms with E-state index in [1.165, 1.54) is 0 Å². The molecule has 102 valence electrons. The molecule has 6 unspecified atom stereocenters. The molecule has 3 nitrogen and oxygen atoms in total. The van der Waals surface area contributed by atoms with E-state index in [4.69, 9.17) is 29.9 Å². The molecule has 0 spiro atoms. The van der Waals surface area contributed by atoms with E-state index < -0.39 is 0 Å². The van der Waals surface area contributed by atoms with Gasteiger partial charge in [-0.15, -0.1) is 6.58 Å². The van der Waals surface area contributed by atoms with Crippen molar-refractivity contribution in [3.05, 3.63) is 12.7 Å². The highest BCUT2D eigenvalue weighted by atomic mass is 16.5. The summed E-state index contributed by atoms with van der Waals surface area (Å²) in [6, 6.07) is -0.308. The van der Waals surface area contributed by atoms with Crippen LogP contribution in [0.2, 0.25) is 0 Å². The van der Waals surface area contributed by atoms with Gasteiger partial charge in [0.2, 0.25) is 0 Å². The molecule has 0 aromatic heterocycles. The zero-order valence-electron chi connectivity index (χ0n) is 11.7. The first-order valence-corrected chi connectivity index (χ1v) is 7.07. The van der Waals surface area contributed by atoms with Crippen LogP contribution in [0.4, 0.5) is 0 Å². The minimum Gasteiger partial charge on any atom is -0.384 e. The molecule has 0 aromatic rings. The third kappa shape index (κ3) is 3.87. The summed E-state index contributed by atoms with van der Waals surface area (Å²) in [6.07, 6.45) is 6.03. The Hall–Kier alpha value is -0.250.